The van der Waals surface area contributed by atoms with Crippen LogP contribution < -0.4 is 0 Å². The topological polar surface area (TPSA) is 61.4 Å². The molecule has 0 amide bonds. The summed E-state index contributed by atoms with van der Waals surface area (Å²) in [5.74, 6) is 1.89. The molecular weight excluding hydrogens is 889 g/mol. The molecule has 0 atom stereocenters. The molecular formula is C67H66N6. The lowest BCUT2D eigenvalue weighted by atomic mass is 9.79. The average molecular weight is 955 g/mol. The second kappa shape index (κ2) is 17.2. The number of nitrogens with zero attached hydrogens (tertiary/aromatic N) is 6. The van der Waals surface area contributed by atoms with Crippen molar-refractivity contribution in [2.75, 3.05) is 0 Å². The predicted molar refractivity (Wildman–Crippen MR) is 308 cm³/mol. The molecule has 0 aliphatic heterocycles. The van der Waals surface area contributed by atoms with Crippen LogP contribution in [-0.2, 0) is 21.7 Å². The predicted octanol–water partition coefficient (Wildman–Crippen LogP) is 17.6. The van der Waals surface area contributed by atoms with E-state index in [4.69, 9.17) is 19.9 Å². The van der Waals surface area contributed by atoms with Gasteiger partial charge in [-0.15, -0.1) is 0 Å². The van der Waals surface area contributed by atoms with E-state index < -0.39 is 0 Å². The van der Waals surface area contributed by atoms with Crippen molar-refractivity contribution in [2.24, 2.45) is 0 Å². The van der Waals surface area contributed by atoms with Gasteiger partial charge in [0.2, 0.25) is 0 Å². The molecule has 11 rings (SSSR count). The summed E-state index contributed by atoms with van der Waals surface area (Å²) in [6, 6.07) is 55.7. The first-order chi connectivity index (χ1) is 34.6. The van der Waals surface area contributed by atoms with E-state index in [-0.39, 0.29) is 21.7 Å². The smallest absolute Gasteiger partial charge is 0.164 e. The van der Waals surface area contributed by atoms with Crippen LogP contribution in [0.2, 0.25) is 0 Å². The molecule has 0 spiro atoms. The highest BCUT2D eigenvalue weighted by Gasteiger charge is 2.27. The maximum Gasteiger partial charge on any atom is 0.164 e. The standard InChI is InChI=1S/C67H66N6/c1-41-26-28-58-52(32-41)51-22-16-19-25-57(51)73(58)60-30-31-68-40-54(60)53-37-42(27-29-59(53)72-55-23-17-14-20-49(55)50-21-15-18-24-56(50)72)61-69-62(43-33-45(64(2,3)4)38-46(34-43)65(5,6)7)71-63(70-61)44-35-47(66(8,9)10)39-48(36-44)67(11,12)13/h14-40H,1-13H3. The van der Waals surface area contributed by atoms with Crippen LogP contribution in [0.3, 0.4) is 0 Å². The van der Waals surface area contributed by atoms with Crippen LogP contribution in [0.1, 0.15) is 111 Å². The van der Waals surface area contributed by atoms with Gasteiger partial charge in [-0.3, -0.25) is 4.98 Å². The Kier molecular flexibility index (Phi) is 11.2. The Balaban J connectivity index is 1.24. The fraction of sp³-hybridized carbons (Fsp3) is 0.254. The molecule has 4 heterocycles. The van der Waals surface area contributed by atoms with Crippen molar-refractivity contribution in [2.45, 2.75) is 112 Å². The van der Waals surface area contributed by atoms with Gasteiger partial charge in [0.15, 0.2) is 17.5 Å². The summed E-state index contributed by atoms with van der Waals surface area (Å²) in [4.78, 5) is 21.4. The molecule has 0 radical (unpaired) electrons. The third-order valence-corrected chi connectivity index (χ3v) is 14.7. The summed E-state index contributed by atoms with van der Waals surface area (Å²) in [7, 11) is 0. The minimum absolute atomic E-state index is 0.106. The largest absolute Gasteiger partial charge is 0.309 e. The lowest BCUT2D eigenvalue weighted by Gasteiger charge is -2.26. The monoisotopic (exact) mass is 955 g/mol. The number of aromatic nitrogens is 6. The van der Waals surface area contributed by atoms with Crippen LogP contribution in [0.5, 0.6) is 0 Å². The molecule has 364 valence electrons. The van der Waals surface area contributed by atoms with Crippen molar-refractivity contribution in [3.63, 3.8) is 0 Å². The first-order valence-corrected chi connectivity index (χ1v) is 25.8. The van der Waals surface area contributed by atoms with Crippen molar-refractivity contribution in [1.29, 1.82) is 0 Å². The number of hydrogen-bond acceptors (Lipinski definition) is 4. The van der Waals surface area contributed by atoms with Gasteiger partial charge in [-0.25, -0.2) is 15.0 Å². The number of hydrogen-bond donors (Lipinski definition) is 0. The van der Waals surface area contributed by atoms with Crippen LogP contribution in [-0.4, -0.2) is 29.1 Å². The van der Waals surface area contributed by atoms with Gasteiger partial charge >= 0.3 is 0 Å². The van der Waals surface area contributed by atoms with Crippen LogP contribution in [0, 0.1) is 6.92 Å². The Morgan fingerprint density at radius 2 is 0.740 bits per heavy atom. The molecule has 0 saturated carbocycles. The third kappa shape index (κ3) is 8.61. The van der Waals surface area contributed by atoms with Gasteiger partial charge in [-0.05, 0) is 130 Å². The molecule has 6 nitrogen and oxygen atoms in total. The minimum atomic E-state index is -0.106. The summed E-state index contributed by atoms with van der Waals surface area (Å²) in [5.41, 5.74) is 17.2. The molecule has 6 heteroatoms. The maximum absolute atomic E-state index is 5.53. The Morgan fingerprint density at radius 3 is 1.19 bits per heavy atom. The zero-order valence-electron chi connectivity index (χ0n) is 44.8. The number of para-hydroxylation sites is 3. The van der Waals surface area contributed by atoms with E-state index in [9.17, 15) is 0 Å². The van der Waals surface area contributed by atoms with Gasteiger partial charge in [0.05, 0.1) is 33.4 Å². The van der Waals surface area contributed by atoms with Crippen molar-refractivity contribution >= 4 is 43.6 Å². The second-order valence-electron chi connectivity index (χ2n) is 24.3. The van der Waals surface area contributed by atoms with Gasteiger partial charge in [0, 0.05) is 61.8 Å². The van der Waals surface area contributed by atoms with Crippen LogP contribution in [0.25, 0.3) is 100 Å². The molecule has 0 aliphatic rings. The zero-order chi connectivity index (χ0) is 51.4. The van der Waals surface area contributed by atoms with E-state index in [1.807, 2.05) is 12.4 Å². The highest BCUT2D eigenvalue weighted by Crippen LogP contribution is 2.43. The summed E-state index contributed by atoms with van der Waals surface area (Å²) in [6.07, 6.45) is 3.94. The van der Waals surface area contributed by atoms with Crippen LogP contribution in [0.15, 0.2) is 164 Å². The van der Waals surface area contributed by atoms with Crippen molar-refractivity contribution in [3.8, 4) is 56.7 Å². The van der Waals surface area contributed by atoms with Gasteiger partial charge in [0.25, 0.3) is 0 Å². The Bertz CT molecular complexity index is 3760. The number of pyridine rings is 1. The number of fused-ring (bicyclic) bond motifs is 6. The number of aryl methyl sites for hydroxylation is 1. The lowest BCUT2D eigenvalue weighted by Crippen LogP contribution is -2.17. The summed E-state index contributed by atoms with van der Waals surface area (Å²) < 4.78 is 4.82. The quantitative estimate of drug-likeness (QED) is 0.167. The van der Waals surface area contributed by atoms with Crippen LogP contribution >= 0.6 is 0 Å². The zero-order valence-corrected chi connectivity index (χ0v) is 44.8. The summed E-state index contributed by atoms with van der Waals surface area (Å²) >= 11 is 0. The normalized spacial score (nSPS) is 12.7. The Hall–Kier alpha value is -7.70. The van der Waals surface area contributed by atoms with E-state index in [0.29, 0.717) is 17.5 Å². The molecule has 0 unspecified atom stereocenters. The molecule has 11 aromatic rings. The molecule has 0 N–H and O–H groups in total. The Morgan fingerprint density at radius 1 is 0.342 bits per heavy atom. The Labute approximate surface area is 430 Å². The molecule has 0 bridgehead atoms. The SMILES string of the molecule is Cc1ccc2c(c1)c1ccccc1n2-c1ccncc1-c1cc(-c2nc(-c3cc(C(C)(C)C)cc(C(C)(C)C)c3)nc(-c3cc(C(C)(C)C)cc(C(C)(C)C)c3)n2)ccc1-n1c2ccccc2c2ccccc21. The molecule has 0 saturated heterocycles. The number of rotatable bonds is 6. The average Bonchev–Trinajstić information content (AvgIpc) is 3.87. The van der Waals surface area contributed by atoms with Gasteiger partial charge in [-0.1, -0.05) is 161 Å². The minimum Gasteiger partial charge on any atom is -0.309 e. The van der Waals surface area contributed by atoms with Gasteiger partial charge in [-0.2, -0.15) is 0 Å². The second-order valence-corrected chi connectivity index (χ2v) is 24.3. The van der Waals surface area contributed by atoms with E-state index in [2.05, 4.69) is 251 Å². The maximum atomic E-state index is 5.53. The van der Waals surface area contributed by atoms with E-state index in [1.165, 1.54) is 49.4 Å². The first-order valence-electron chi connectivity index (χ1n) is 25.8. The first kappa shape index (κ1) is 47.6. The fourth-order valence-corrected chi connectivity index (χ4v) is 10.4. The van der Waals surface area contributed by atoms with Crippen molar-refractivity contribution in [3.05, 3.63) is 192 Å². The van der Waals surface area contributed by atoms with E-state index in [0.717, 1.165) is 61.3 Å². The molecule has 0 fully saturated rings. The molecule has 7 aromatic carbocycles. The van der Waals surface area contributed by atoms with Crippen LogP contribution in [0.4, 0.5) is 0 Å². The van der Waals surface area contributed by atoms with E-state index >= 15 is 0 Å². The van der Waals surface area contributed by atoms with Crippen molar-refractivity contribution < 1.29 is 0 Å². The molecule has 4 aromatic heterocycles. The fourth-order valence-electron chi connectivity index (χ4n) is 10.4. The summed E-state index contributed by atoms with van der Waals surface area (Å²) in [5, 5.41) is 4.82. The third-order valence-electron chi connectivity index (χ3n) is 14.7. The van der Waals surface area contributed by atoms with Gasteiger partial charge in [0.1, 0.15) is 0 Å². The molecule has 0 aliphatic carbocycles. The highest BCUT2D eigenvalue weighted by atomic mass is 15.0. The number of benzene rings is 7. The van der Waals surface area contributed by atoms with Crippen molar-refractivity contribution in [1.82, 2.24) is 29.1 Å². The van der Waals surface area contributed by atoms with E-state index in [1.54, 1.807) is 0 Å². The summed E-state index contributed by atoms with van der Waals surface area (Å²) in [6.45, 7) is 29.5. The lowest BCUT2D eigenvalue weighted by molar-refractivity contribution is 0.568. The highest BCUT2D eigenvalue weighted by molar-refractivity contribution is 6.11. The van der Waals surface area contributed by atoms with Gasteiger partial charge < -0.3 is 9.13 Å². The molecule has 73 heavy (non-hydrogen) atoms.